The molecule has 1 amide bonds. The Balaban J connectivity index is -0.0000000945. The van der Waals surface area contributed by atoms with Gasteiger partial charge in [0.15, 0.2) is 5.78 Å². The van der Waals surface area contributed by atoms with Crippen molar-refractivity contribution in [3.05, 3.63) is 48.4 Å². The highest BCUT2D eigenvalue weighted by Crippen LogP contribution is 2.15. The number of amides is 1. The maximum atomic E-state index is 11.4. The zero-order chi connectivity index (χ0) is 81.0. The second-order valence-corrected chi connectivity index (χ2v) is 50.2. The molecule has 0 spiro atoms. The summed E-state index contributed by atoms with van der Waals surface area (Å²) in [5.74, 6) is 4.70. The van der Waals surface area contributed by atoms with E-state index < -0.39 is 34.5 Å². The van der Waals surface area contributed by atoms with Crippen molar-refractivity contribution in [2.24, 2.45) is 64.2 Å². The number of ketones is 1. The van der Waals surface area contributed by atoms with E-state index in [4.69, 9.17) is 0 Å². The van der Waals surface area contributed by atoms with Crippen molar-refractivity contribution in [2.75, 3.05) is 0 Å². The smallest absolute Gasteiger partial charge is 0.394 e. The van der Waals surface area contributed by atoms with Crippen molar-refractivity contribution in [3.63, 3.8) is 0 Å². The van der Waals surface area contributed by atoms with E-state index in [2.05, 4.69) is 256 Å². The van der Waals surface area contributed by atoms with E-state index in [0.29, 0.717) is 73.8 Å². The summed E-state index contributed by atoms with van der Waals surface area (Å²) in [4.78, 5) is 43.9. The van der Waals surface area contributed by atoms with Gasteiger partial charge in [0, 0.05) is 71.0 Å². The third-order valence-corrected chi connectivity index (χ3v) is 30.1. The normalized spacial score (nSPS) is 11.1. The van der Waals surface area contributed by atoms with Gasteiger partial charge in [-0.1, -0.05) is 273 Å². The van der Waals surface area contributed by atoms with Gasteiger partial charge in [-0.25, -0.2) is 0 Å². The van der Waals surface area contributed by atoms with E-state index in [1.807, 2.05) is 131 Å². The lowest BCUT2D eigenvalue weighted by Crippen LogP contribution is -2.34. The van der Waals surface area contributed by atoms with Crippen LogP contribution in [-0.2, 0) is 23.3 Å². The van der Waals surface area contributed by atoms with Crippen LogP contribution in [0.2, 0.25) is 38.8 Å². The minimum atomic E-state index is -1.53. The number of nitrogens with zero attached hydrogens (tertiary/aromatic N) is 1. The lowest BCUT2D eigenvalue weighted by molar-refractivity contribution is -0.124. The van der Waals surface area contributed by atoms with Crippen LogP contribution in [0.1, 0.15) is 305 Å². The molecule has 0 unspecified atom stereocenters. The van der Waals surface area contributed by atoms with Crippen molar-refractivity contribution in [3.8, 4) is 0 Å². The average Bonchev–Trinajstić information content (AvgIpc) is 1.03. The Labute approximate surface area is 628 Å². The molecule has 0 aromatic carbocycles. The van der Waals surface area contributed by atoms with Gasteiger partial charge >= 0.3 is 17.5 Å². The summed E-state index contributed by atoms with van der Waals surface area (Å²) in [5.41, 5.74) is 9.02. The molecule has 17 heteroatoms. The van der Waals surface area contributed by atoms with Crippen LogP contribution in [0, 0.1) is 59.2 Å². The lowest BCUT2D eigenvalue weighted by Gasteiger charge is -2.15. The monoisotopic (exact) mass is 1490 g/mol. The first-order chi connectivity index (χ1) is 44.0. The van der Waals surface area contributed by atoms with Crippen molar-refractivity contribution in [1.82, 2.24) is 20.6 Å². The molecule has 0 saturated carbocycles. The van der Waals surface area contributed by atoms with Gasteiger partial charge in [0.05, 0.1) is 8.41 Å². The number of rotatable bonds is 28. The fourth-order valence-corrected chi connectivity index (χ4v) is 14.7. The summed E-state index contributed by atoms with van der Waals surface area (Å²) in [6.07, 6.45) is 14.5. The van der Waals surface area contributed by atoms with Crippen molar-refractivity contribution < 1.29 is 23.3 Å². The maximum Gasteiger partial charge on any atom is 0.394 e. The fraction of sp³-hybridized carbons (Fsp3) is 0.815. The van der Waals surface area contributed by atoms with Gasteiger partial charge in [-0.3, -0.25) is 14.6 Å². The van der Waals surface area contributed by atoms with E-state index in [1.54, 1.807) is 0 Å². The number of hydrogen-bond acceptors (Lipinski definition) is 8. The van der Waals surface area contributed by atoms with Crippen LogP contribution in [0.3, 0.4) is 0 Å². The Hall–Kier alpha value is -2.43. The van der Waals surface area contributed by atoms with Gasteiger partial charge in [-0.05, 0) is 175 Å². The van der Waals surface area contributed by atoms with E-state index in [1.165, 1.54) is 0 Å². The van der Waals surface area contributed by atoms with Gasteiger partial charge in [0.1, 0.15) is 14.0 Å². The molecule has 0 fully saturated rings. The number of Topliss-reactive ketones (excluding diaryl/α,β-unsaturated/α-hetero) is 1. The molecule has 0 heterocycles. The van der Waals surface area contributed by atoms with Gasteiger partial charge in [0.25, 0.3) is 0 Å². The highest BCUT2D eigenvalue weighted by molar-refractivity contribution is 6.91. The molecule has 4 N–H and O–H groups in total. The molecular formula is C81H175N5O5Si7. The number of allylic oxidation sites excluding steroid dienone is 5. The Bertz CT molecular complexity index is 1790. The molecule has 0 bridgehead atoms. The van der Waals surface area contributed by atoms with Gasteiger partial charge in [-0.15, -0.1) is 11.8 Å². The molecule has 0 aromatic heterocycles. The van der Waals surface area contributed by atoms with Crippen molar-refractivity contribution in [1.29, 1.82) is 0 Å². The first kappa shape index (κ1) is 120. The minimum Gasteiger partial charge on any atom is -0.418 e. The van der Waals surface area contributed by atoms with E-state index in [-0.39, 0.29) is 52.5 Å². The number of carbonyl (C=O) groups excluding carboxylic acids is 3. The molecule has 0 atom stereocenters. The van der Waals surface area contributed by atoms with E-state index in [0.717, 1.165) is 61.8 Å². The molecule has 0 aliphatic rings. The van der Waals surface area contributed by atoms with Crippen LogP contribution < -0.4 is 20.6 Å². The first-order valence-corrected chi connectivity index (χ1v) is 49.7. The van der Waals surface area contributed by atoms with Gasteiger partial charge in [0.2, 0.25) is 5.91 Å². The standard InChI is InChI=1S/C9H16O.C8H17N.2C8H16OSi.C8H16.C7H15NO.C7H17NSi.C7H15N.C7H16Si.C6H15NOSi.C6H16Si2/c1-6(2)8(5)9(10)7(3)4;1-6(2)8(5)9-7(3)4;1-6(2)8(9)10(5)7(3)4;1-6(2)8(5)10(9)7(3)4;1-7(2)5-6-8(3)4;1-5(2)7(9)8-6(3)4;1-6(2)8-9(5)7(3)4;2*1-6(2)5-8-7(3)4;1-5(2)7-9(8)6(3)4;1-5(2)7-8-6(3)4/h6-7H,5H2,1-4H3;6-7,9H,5H2,1-4H3;2*6-7H,5H2,1-4H3;5-8H,1-4H3;5-6H,1-4H3,(H,8,9);6-8H,5H2,1-4H3;5-7H,1-4H3;5-8H,1-4H3;5-7H,1-4H3;5-8H,1-4H3/b;;;;6-5+;;;;8-5+;;8-7+. The zero-order valence-electron chi connectivity index (χ0n) is 73.8. The summed E-state index contributed by atoms with van der Waals surface area (Å²) in [7, 11) is -2.27. The SMILES string of the molecule is C=C(C(=O)C(C)C)C(C)C.C=C(C(C)C)[Si](=O)C(C)C.C=C(NC(C)C)C(C)C.C=[Si](C(=O)C(C)C)C(C)C.C=[Si](NC(C)C)C(C)C.CC(C)/C=C/C(C)C.CC(C)/C=[SiH]/C(C)C.CC(C)/[SiH]=[SiH]/C(C)C.CC(C)C=NC(C)C.CC(C)NC(=O)C(C)C.CC(C)N[Si](=O)C(C)C. The highest BCUT2D eigenvalue weighted by Gasteiger charge is 2.17. The molecule has 0 rings (SSSR count). The summed E-state index contributed by atoms with van der Waals surface area (Å²) < 4.78 is 22.4. The third-order valence-electron chi connectivity index (χ3n) is 12.2. The summed E-state index contributed by atoms with van der Waals surface area (Å²) in [6, 6.07) is 2.18. The van der Waals surface area contributed by atoms with Crippen LogP contribution in [0.25, 0.3) is 0 Å². The number of aliphatic imine (C=N–C) groups is 1. The van der Waals surface area contributed by atoms with Crippen molar-refractivity contribution >= 4 is 102 Å². The molecule has 582 valence electrons. The number of hydrogen-bond donors (Lipinski definition) is 4. The molecule has 0 aliphatic carbocycles. The number of nitrogens with one attached hydrogen (secondary N) is 4. The second-order valence-electron chi connectivity index (χ2n) is 32.4. The Morgan fingerprint density at radius 3 is 0.898 bits per heavy atom. The fourth-order valence-electron chi connectivity index (χ4n) is 5.62. The Kier molecular flexibility index (Phi) is 90.6. The van der Waals surface area contributed by atoms with Crippen LogP contribution in [0.4, 0.5) is 0 Å². The summed E-state index contributed by atoms with van der Waals surface area (Å²) in [6.45, 7) is 104. The molecular weight excluding hydrogens is 1320 g/mol. The van der Waals surface area contributed by atoms with Crippen molar-refractivity contribution in [2.45, 2.75) is 374 Å². The van der Waals surface area contributed by atoms with Crippen LogP contribution in [0.15, 0.2) is 53.3 Å². The number of carbonyl (C=O) groups is 3. The topological polar surface area (TPSA) is 146 Å². The summed E-state index contributed by atoms with van der Waals surface area (Å²) in [5, 5.41) is 7.36. The molecule has 98 heavy (non-hydrogen) atoms. The molecule has 0 radical (unpaired) electrons. The molecule has 0 aliphatic heterocycles. The van der Waals surface area contributed by atoms with Crippen LogP contribution in [-0.4, -0.2) is 132 Å². The Morgan fingerprint density at radius 2 is 0.786 bits per heavy atom. The minimum absolute atomic E-state index is 0.0925. The molecule has 10 nitrogen and oxygen atoms in total. The highest BCUT2D eigenvalue weighted by atomic mass is 28.9. The Morgan fingerprint density at radius 1 is 0.398 bits per heavy atom. The summed E-state index contributed by atoms with van der Waals surface area (Å²) >= 11 is 0. The lowest BCUT2D eigenvalue weighted by atomic mass is 9.94. The van der Waals surface area contributed by atoms with Crippen LogP contribution in [0.5, 0.6) is 0 Å². The second kappa shape index (κ2) is 74.3. The average molecular weight is 1500 g/mol. The van der Waals surface area contributed by atoms with E-state index >= 15 is 0 Å². The third kappa shape index (κ3) is 110. The predicted molar refractivity (Wildman–Crippen MR) is 469 cm³/mol. The van der Waals surface area contributed by atoms with Gasteiger partial charge < -0.3 is 34.3 Å². The first-order valence-electron chi connectivity index (χ1n) is 37.8. The van der Waals surface area contributed by atoms with E-state index in [9.17, 15) is 23.3 Å². The largest absolute Gasteiger partial charge is 0.418 e. The molecule has 0 saturated heterocycles. The quantitative estimate of drug-likeness (QED) is 0.0262. The van der Waals surface area contributed by atoms with Gasteiger partial charge in [-0.2, -0.15) is 0 Å². The maximum absolute atomic E-state index is 11.4. The zero-order valence-corrected chi connectivity index (χ0v) is 81.2. The van der Waals surface area contributed by atoms with Crippen LogP contribution >= 0.6 is 0 Å². The molecule has 0 aromatic rings. The predicted octanol–water partition coefficient (Wildman–Crippen LogP) is 20.8.